The summed E-state index contributed by atoms with van der Waals surface area (Å²) in [6, 6.07) is 15.7. The molecule has 2 aromatic heterocycles. The van der Waals surface area contributed by atoms with Crippen LogP contribution in [0.2, 0.25) is 5.02 Å². The number of alkyl halides is 1. The van der Waals surface area contributed by atoms with Gasteiger partial charge in [-0.1, -0.05) is 41.9 Å². The van der Waals surface area contributed by atoms with Crippen molar-refractivity contribution in [2.24, 2.45) is 0 Å². The van der Waals surface area contributed by atoms with Gasteiger partial charge in [-0.2, -0.15) is 0 Å². The summed E-state index contributed by atoms with van der Waals surface area (Å²) in [5, 5.41) is 1.37. The third-order valence-electron chi connectivity index (χ3n) is 3.97. The van der Waals surface area contributed by atoms with Gasteiger partial charge in [-0.3, -0.25) is 0 Å². The van der Waals surface area contributed by atoms with E-state index >= 15 is 4.39 Å². The highest BCUT2D eigenvalue weighted by atomic mass is 35.5. The van der Waals surface area contributed by atoms with Gasteiger partial charge in [0.05, 0.1) is 0 Å². The van der Waals surface area contributed by atoms with Crippen LogP contribution in [0.4, 0.5) is 4.39 Å². The second-order valence-electron chi connectivity index (χ2n) is 5.44. The van der Waals surface area contributed by atoms with E-state index in [0.29, 0.717) is 21.7 Å². The molecule has 1 atom stereocenters. The lowest BCUT2D eigenvalue weighted by Gasteiger charge is -2.23. The molecule has 0 fully saturated rings. The Morgan fingerprint density at radius 3 is 2.33 bits per heavy atom. The largest absolute Gasteiger partial charge is 0.457 e. The number of rotatable bonds is 3. The van der Waals surface area contributed by atoms with Gasteiger partial charge in [-0.05, 0) is 24.3 Å². The van der Waals surface area contributed by atoms with Crippen LogP contribution < -0.4 is 0 Å². The first-order valence-electron chi connectivity index (χ1n) is 7.37. The number of hydrogen-bond donors (Lipinski definition) is 0. The molecule has 0 aliphatic rings. The molecular weight excluding hydrogens is 327 g/mol. The lowest BCUT2D eigenvalue weighted by Crippen LogP contribution is -2.23. The van der Waals surface area contributed by atoms with E-state index in [1.165, 1.54) is 18.7 Å². The van der Waals surface area contributed by atoms with Crippen LogP contribution in [-0.4, -0.2) is 9.97 Å². The summed E-state index contributed by atoms with van der Waals surface area (Å²) < 4.78 is 22.2. The maximum absolute atomic E-state index is 16.3. The number of aromatic nitrogens is 2. The maximum atomic E-state index is 16.3. The molecule has 2 aromatic carbocycles. The van der Waals surface area contributed by atoms with Crippen LogP contribution in [-0.2, 0) is 5.67 Å². The van der Waals surface area contributed by atoms with Gasteiger partial charge in [0.1, 0.15) is 11.9 Å². The van der Waals surface area contributed by atoms with Crippen molar-refractivity contribution in [3.8, 4) is 0 Å². The van der Waals surface area contributed by atoms with Crippen molar-refractivity contribution in [1.29, 1.82) is 0 Å². The van der Waals surface area contributed by atoms with Gasteiger partial charge in [0, 0.05) is 33.9 Å². The minimum Gasteiger partial charge on any atom is -0.457 e. The fourth-order valence-electron chi connectivity index (χ4n) is 2.76. The topological polar surface area (TPSA) is 38.9 Å². The SMILES string of the molecule is FC(c1ccc(Cl)cc1)(c1cncnc1)c1cc2ccccc2o1. The van der Waals surface area contributed by atoms with Gasteiger partial charge in [0.15, 0.2) is 5.76 Å². The summed E-state index contributed by atoms with van der Waals surface area (Å²) in [7, 11) is 0. The zero-order valence-corrected chi connectivity index (χ0v) is 13.2. The smallest absolute Gasteiger partial charge is 0.221 e. The lowest BCUT2D eigenvalue weighted by atomic mass is 9.87. The van der Waals surface area contributed by atoms with Crippen LogP contribution in [0.1, 0.15) is 16.9 Å². The van der Waals surface area contributed by atoms with E-state index in [1.54, 1.807) is 30.3 Å². The average Bonchev–Trinajstić information content (AvgIpc) is 3.07. The second-order valence-corrected chi connectivity index (χ2v) is 5.88. The van der Waals surface area contributed by atoms with Gasteiger partial charge >= 0.3 is 0 Å². The summed E-state index contributed by atoms with van der Waals surface area (Å²) in [6.45, 7) is 0. The van der Waals surface area contributed by atoms with Crippen molar-refractivity contribution < 1.29 is 8.81 Å². The van der Waals surface area contributed by atoms with Crippen LogP contribution in [0.5, 0.6) is 0 Å². The zero-order chi connectivity index (χ0) is 16.6. The third-order valence-corrected chi connectivity index (χ3v) is 4.22. The number of nitrogens with zero attached hydrogens (tertiary/aromatic N) is 2. The van der Waals surface area contributed by atoms with Gasteiger partial charge in [-0.25, -0.2) is 14.4 Å². The Labute approximate surface area is 142 Å². The monoisotopic (exact) mass is 338 g/mol. The number of fused-ring (bicyclic) bond motifs is 1. The molecule has 0 aliphatic carbocycles. The summed E-state index contributed by atoms with van der Waals surface area (Å²) in [6.07, 6.45) is 4.27. The van der Waals surface area contributed by atoms with Gasteiger partial charge in [-0.15, -0.1) is 0 Å². The standard InChI is InChI=1S/C19H12ClFN2O/c20-16-7-5-14(6-8-16)19(21,15-10-22-12-23-11-15)18-9-13-3-1-2-4-17(13)24-18/h1-12H. The molecule has 0 saturated heterocycles. The van der Waals surface area contributed by atoms with Gasteiger partial charge in [0.25, 0.3) is 0 Å². The molecule has 24 heavy (non-hydrogen) atoms. The molecule has 0 N–H and O–H groups in total. The number of halogens is 2. The van der Waals surface area contributed by atoms with Gasteiger partial charge in [0.2, 0.25) is 5.67 Å². The van der Waals surface area contributed by atoms with E-state index in [0.717, 1.165) is 5.39 Å². The van der Waals surface area contributed by atoms with Crippen molar-refractivity contribution in [1.82, 2.24) is 9.97 Å². The average molecular weight is 339 g/mol. The molecule has 0 amide bonds. The Bertz CT molecular complexity index is 952. The summed E-state index contributed by atoms with van der Waals surface area (Å²) in [5.74, 6) is 0.181. The Kier molecular flexibility index (Phi) is 3.54. The molecule has 4 rings (SSSR count). The van der Waals surface area contributed by atoms with E-state index in [-0.39, 0.29) is 5.76 Å². The Morgan fingerprint density at radius 1 is 0.917 bits per heavy atom. The minimum absolute atomic E-state index is 0.181. The summed E-state index contributed by atoms with van der Waals surface area (Å²) in [5.41, 5.74) is -0.683. The van der Waals surface area contributed by atoms with Gasteiger partial charge < -0.3 is 4.42 Å². The first kappa shape index (κ1) is 14.8. The van der Waals surface area contributed by atoms with Crippen molar-refractivity contribution in [3.63, 3.8) is 0 Å². The fraction of sp³-hybridized carbons (Fsp3) is 0.0526. The fourth-order valence-corrected chi connectivity index (χ4v) is 2.89. The lowest BCUT2D eigenvalue weighted by molar-refractivity contribution is 0.235. The molecule has 0 saturated carbocycles. The molecule has 2 heterocycles. The summed E-state index contributed by atoms with van der Waals surface area (Å²) >= 11 is 5.95. The first-order chi connectivity index (χ1) is 11.7. The van der Waals surface area contributed by atoms with Crippen molar-refractivity contribution in [2.45, 2.75) is 5.67 Å². The number of benzene rings is 2. The van der Waals surface area contributed by atoms with Crippen molar-refractivity contribution in [2.75, 3.05) is 0 Å². The Balaban J connectivity index is 1.98. The molecule has 3 nitrogen and oxygen atoms in total. The number of furan rings is 1. The number of para-hydroxylation sites is 1. The highest BCUT2D eigenvalue weighted by Gasteiger charge is 2.40. The quantitative estimate of drug-likeness (QED) is 0.519. The predicted molar refractivity (Wildman–Crippen MR) is 90.7 cm³/mol. The van der Waals surface area contributed by atoms with Crippen LogP contribution in [0.15, 0.2) is 77.7 Å². The molecule has 0 aliphatic heterocycles. The summed E-state index contributed by atoms with van der Waals surface area (Å²) in [4.78, 5) is 7.91. The third kappa shape index (κ3) is 2.36. The van der Waals surface area contributed by atoms with E-state index < -0.39 is 5.67 Å². The van der Waals surface area contributed by atoms with Crippen LogP contribution in [0.25, 0.3) is 11.0 Å². The predicted octanol–water partition coefficient (Wildman–Crippen LogP) is 5.14. The Morgan fingerprint density at radius 2 is 1.62 bits per heavy atom. The van der Waals surface area contributed by atoms with E-state index in [2.05, 4.69) is 9.97 Å². The Hall–Kier alpha value is -2.72. The molecule has 118 valence electrons. The normalized spacial score (nSPS) is 13.8. The van der Waals surface area contributed by atoms with Crippen LogP contribution >= 0.6 is 11.6 Å². The molecule has 4 aromatic rings. The molecule has 0 bridgehead atoms. The second kappa shape index (κ2) is 5.73. The maximum Gasteiger partial charge on any atom is 0.221 e. The molecule has 0 spiro atoms. The van der Waals surface area contributed by atoms with Crippen molar-refractivity contribution >= 4 is 22.6 Å². The highest BCUT2D eigenvalue weighted by Crippen LogP contribution is 2.42. The highest BCUT2D eigenvalue weighted by molar-refractivity contribution is 6.30. The number of hydrogen-bond acceptors (Lipinski definition) is 3. The minimum atomic E-state index is -2.01. The van der Waals surface area contributed by atoms with E-state index in [4.69, 9.17) is 16.0 Å². The molecular formula is C19H12ClFN2O. The molecule has 1 unspecified atom stereocenters. The van der Waals surface area contributed by atoms with Crippen LogP contribution in [0, 0.1) is 0 Å². The zero-order valence-electron chi connectivity index (χ0n) is 12.5. The van der Waals surface area contributed by atoms with Crippen molar-refractivity contribution in [3.05, 3.63) is 95.2 Å². The van der Waals surface area contributed by atoms with E-state index in [9.17, 15) is 0 Å². The molecule has 5 heteroatoms. The van der Waals surface area contributed by atoms with E-state index in [1.807, 2.05) is 24.3 Å². The first-order valence-corrected chi connectivity index (χ1v) is 7.75. The van der Waals surface area contributed by atoms with Crippen LogP contribution in [0.3, 0.4) is 0 Å². The molecule has 0 radical (unpaired) electrons.